The normalized spacial score (nSPS) is 13.0. The molecule has 0 unspecified atom stereocenters. The number of hydrogen-bond acceptors (Lipinski definition) is 8. The van der Waals surface area contributed by atoms with Gasteiger partial charge in [-0.3, -0.25) is 9.59 Å². The van der Waals surface area contributed by atoms with E-state index >= 15 is 0 Å². The van der Waals surface area contributed by atoms with E-state index in [1.165, 1.54) is 6.42 Å². The third kappa shape index (κ3) is 6.00. The molecular formula is C26H27N5O4. The van der Waals surface area contributed by atoms with Gasteiger partial charge in [-0.2, -0.15) is 0 Å². The Hall–Kier alpha value is -4.27. The number of aromatic amines is 1. The Bertz CT molecular complexity index is 1230. The summed E-state index contributed by atoms with van der Waals surface area (Å²) in [5, 5.41) is 0. The number of nitrogens with one attached hydrogen (secondary N) is 1. The van der Waals surface area contributed by atoms with Crippen LogP contribution in [0.4, 0.5) is 5.82 Å². The molecule has 35 heavy (non-hydrogen) atoms. The zero-order chi connectivity index (χ0) is 24.5. The first-order valence-corrected chi connectivity index (χ1v) is 11.6. The van der Waals surface area contributed by atoms with Gasteiger partial charge in [0, 0.05) is 31.0 Å². The third-order valence-electron chi connectivity index (χ3n) is 5.47. The van der Waals surface area contributed by atoms with Crippen LogP contribution in [-0.4, -0.2) is 51.9 Å². The smallest absolute Gasteiger partial charge is 0.293 e. The summed E-state index contributed by atoms with van der Waals surface area (Å²) in [7, 11) is 0. The van der Waals surface area contributed by atoms with Gasteiger partial charge >= 0.3 is 0 Å². The maximum absolute atomic E-state index is 12.8. The number of hydrogen-bond donors (Lipinski definition) is 1. The molecule has 0 amide bonds. The molecule has 2 aromatic heterocycles. The summed E-state index contributed by atoms with van der Waals surface area (Å²) in [6.45, 7) is 4.58. The van der Waals surface area contributed by atoms with Gasteiger partial charge in [0.15, 0.2) is 11.6 Å². The highest BCUT2D eigenvalue weighted by atomic mass is 16.5. The molecule has 0 saturated carbocycles. The molecule has 4 aromatic rings. The lowest BCUT2D eigenvalue weighted by Gasteiger charge is -2.28. The molecule has 2 aromatic carbocycles. The Labute approximate surface area is 203 Å². The van der Waals surface area contributed by atoms with Crippen molar-refractivity contribution in [2.45, 2.75) is 26.2 Å². The van der Waals surface area contributed by atoms with Crippen molar-refractivity contribution in [1.29, 1.82) is 0 Å². The minimum absolute atomic E-state index is 0.161. The lowest BCUT2D eigenvalue weighted by molar-refractivity contribution is -0.128. The van der Waals surface area contributed by atoms with Gasteiger partial charge in [0.2, 0.25) is 5.78 Å². The molecule has 0 bridgehead atoms. The number of nitrogens with zero attached hydrogens (tertiary/aromatic N) is 4. The average Bonchev–Trinajstić information content (AvgIpc) is 3.35. The van der Waals surface area contributed by atoms with E-state index in [1.54, 1.807) is 43.6 Å². The second-order valence-corrected chi connectivity index (χ2v) is 7.84. The van der Waals surface area contributed by atoms with Crippen LogP contribution in [0.3, 0.4) is 0 Å². The number of piperidine rings is 1. The van der Waals surface area contributed by atoms with Gasteiger partial charge < -0.3 is 19.4 Å². The van der Waals surface area contributed by atoms with E-state index in [9.17, 15) is 9.59 Å². The number of rotatable bonds is 7. The number of aromatic nitrogens is 4. The minimum atomic E-state index is -0.161. The predicted molar refractivity (Wildman–Crippen MR) is 132 cm³/mol. The molecular weight excluding hydrogens is 446 g/mol. The molecule has 0 radical (unpaired) electrons. The Balaban J connectivity index is 0.000000527. The fourth-order valence-corrected chi connectivity index (χ4v) is 3.76. The average molecular weight is 474 g/mol. The van der Waals surface area contributed by atoms with Crippen LogP contribution in [0.25, 0.3) is 11.0 Å². The summed E-state index contributed by atoms with van der Waals surface area (Å²) >= 11 is 0. The highest BCUT2D eigenvalue weighted by Gasteiger charge is 2.19. The number of imidazole rings is 1. The van der Waals surface area contributed by atoms with Gasteiger partial charge in [-0.05, 0) is 62.6 Å². The molecule has 0 atom stereocenters. The van der Waals surface area contributed by atoms with Crippen LogP contribution in [0.2, 0.25) is 0 Å². The topological polar surface area (TPSA) is 110 Å². The number of carbonyl (C=O) groups is 2. The monoisotopic (exact) mass is 473 g/mol. The molecule has 0 aliphatic carbocycles. The van der Waals surface area contributed by atoms with E-state index in [0.717, 1.165) is 42.8 Å². The van der Waals surface area contributed by atoms with Crippen LogP contribution in [0.15, 0.2) is 60.9 Å². The van der Waals surface area contributed by atoms with E-state index in [2.05, 4.69) is 29.6 Å². The molecule has 9 heteroatoms. The van der Waals surface area contributed by atoms with Crippen molar-refractivity contribution in [2.75, 3.05) is 24.6 Å². The van der Waals surface area contributed by atoms with E-state index in [4.69, 9.17) is 4.74 Å². The standard InChI is InChI=1S/C23H21N5O2.C3H6O2/c29-20(21-26-18-6-2-3-7-19(18)27-21)16-8-10-17(11-9-16)30-23-22(24-12-13-25-23)28-14-4-1-5-15-28;1-2-5-3-4/h2-3,6-13H,1,4-5,14-15H2,(H,26,27);3H,2H2,1H3. The largest absolute Gasteiger partial charge is 0.468 e. The van der Waals surface area contributed by atoms with Crippen molar-refractivity contribution in [3.8, 4) is 11.6 Å². The van der Waals surface area contributed by atoms with Gasteiger partial charge in [0.1, 0.15) is 5.75 Å². The summed E-state index contributed by atoms with van der Waals surface area (Å²) < 4.78 is 10.2. The number of benzene rings is 2. The van der Waals surface area contributed by atoms with Gasteiger partial charge in [0.25, 0.3) is 12.4 Å². The fraction of sp³-hybridized carbons (Fsp3) is 0.269. The maximum atomic E-state index is 12.8. The molecule has 180 valence electrons. The highest BCUT2D eigenvalue weighted by molar-refractivity contribution is 6.08. The molecule has 5 rings (SSSR count). The maximum Gasteiger partial charge on any atom is 0.293 e. The number of ketones is 1. The quantitative estimate of drug-likeness (QED) is 0.308. The van der Waals surface area contributed by atoms with Crippen molar-refractivity contribution >= 4 is 29.1 Å². The number of carbonyl (C=O) groups excluding carboxylic acids is 2. The van der Waals surface area contributed by atoms with Crippen LogP contribution in [-0.2, 0) is 9.53 Å². The zero-order valence-electron chi connectivity index (χ0n) is 19.5. The summed E-state index contributed by atoms with van der Waals surface area (Å²) in [5.74, 6) is 2.02. The van der Waals surface area contributed by atoms with Gasteiger partial charge in [-0.25, -0.2) is 15.0 Å². The van der Waals surface area contributed by atoms with Crippen molar-refractivity contribution in [1.82, 2.24) is 19.9 Å². The molecule has 1 aliphatic heterocycles. The second kappa shape index (κ2) is 11.7. The molecule has 3 heterocycles. The highest BCUT2D eigenvalue weighted by Crippen LogP contribution is 2.30. The lowest BCUT2D eigenvalue weighted by Crippen LogP contribution is -2.30. The lowest BCUT2D eigenvalue weighted by atomic mass is 10.1. The first-order chi connectivity index (χ1) is 17.2. The Morgan fingerprint density at radius 2 is 1.77 bits per heavy atom. The zero-order valence-corrected chi connectivity index (χ0v) is 19.5. The summed E-state index contributed by atoms with van der Waals surface area (Å²) in [6.07, 6.45) is 6.85. The third-order valence-corrected chi connectivity index (χ3v) is 5.47. The van der Waals surface area contributed by atoms with Crippen LogP contribution >= 0.6 is 0 Å². The van der Waals surface area contributed by atoms with Gasteiger partial charge in [-0.1, -0.05) is 12.1 Å². The number of anilines is 1. The fourth-order valence-electron chi connectivity index (χ4n) is 3.76. The van der Waals surface area contributed by atoms with Gasteiger partial charge in [-0.15, -0.1) is 0 Å². The van der Waals surface area contributed by atoms with Crippen molar-refractivity contribution < 1.29 is 19.1 Å². The second-order valence-electron chi connectivity index (χ2n) is 7.84. The van der Waals surface area contributed by atoms with Gasteiger partial charge in [0.05, 0.1) is 17.6 Å². The molecule has 1 aliphatic rings. The molecule has 1 N–H and O–H groups in total. The summed E-state index contributed by atoms with van der Waals surface area (Å²) in [5.41, 5.74) is 2.15. The van der Waals surface area contributed by atoms with E-state index in [-0.39, 0.29) is 5.78 Å². The van der Waals surface area contributed by atoms with Crippen LogP contribution in [0.5, 0.6) is 11.6 Å². The summed E-state index contributed by atoms with van der Waals surface area (Å²) in [6, 6.07) is 14.6. The van der Waals surface area contributed by atoms with Crippen molar-refractivity contribution in [3.05, 3.63) is 72.3 Å². The number of para-hydroxylation sites is 2. The van der Waals surface area contributed by atoms with Crippen LogP contribution < -0.4 is 9.64 Å². The molecule has 1 saturated heterocycles. The minimum Gasteiger partial charge on any atom is -0.468 e. The molecule has 0 spiro atoms. The first-order valence-electron chi connectivity index (χ1n) is 11.6. The number of H-pyrrole nitrogens is 1. The van der Waals surface area contributed by atoms with Crippen molar-refractivity contribution in [3.63, 3.8) is 0 Å². The first kappa shape index (κ1) is 23.9. The van der Waals surface area contributed by atoms with Crippen LogP contribution in [0, 0.1) is 0 Å². The van der Waals surface area contributed by atoms with Crippen LogP contribution in [0.1, 0.15) is 42.4 Å². The van der Waals surface area contributed by atoms with E-state index < -0.39 is 0 Å². The number of fused-ring (bicyclic) bond motifs is 1. The Morgan fingerprint density at radius 1 is 1.03 bits per heavy atom. The summed E-state index contributed by atoms with van der Waals surface area (Å²) in [4.78, 5) is 40.5. The van der Waals surface area contributed by atoms with E-state index in [1.807, 2.05) is 24.3 Å². The SMILES string of the molecule is CCOC=O.O=C(c1ccc(Oc2nccnc2N2CCCCC2)cc1)c1nc2ccccc2[nH]1. The Kier molecular flexibility index (Phi) is 8.00. The van der Waals surface area contributed by atoms with E-state index in [0.29, 0.717) is 36.1 Å². The molecule has 9 nitrogen and oxygen atoms in total. The Morgan fingerprint density at radius 3 is 2.46 bits per heavy atom. The number of ether oxygens (including phenoxy) is 2. The predicted octanol–water partition coefficient (Wildman–Crippen LogP) is 4.55. The molecule has 1 fully saturated rings. The van der Waals surface area contributed by atoms with Crippen molar-refractivity contribution in [2.24, 2.45) is 0 Å².